The third-order valence-corrected chi connectivity index (χ3v) is 3.01. The summed E-state index contributed by atoms with van der Waals surface area (Å²) in [7, 11) is 0. The fraction of sp³-hybridized carbons (Fsp3) is 0.143. The maximum atomic E-state index is 9.44. The van der Waals surface area contributed by atoms with Crippen molar-refractivity contribution in [3.05, 3.63) is 60.2 Å². The molecule has 1 unspecified atom stereocenters. The van der Waals surface area contributed by atoms with Gasteiger partial charge >= 0.3 is 0 Å². The highest BCUT2D eigenvalue weighted by Gasteiger charge is 2.10. The number of nitrogens with one attached hydrogen (secondary N) is 1. The van der Waals surface area contributed by atoms with Crippen molar-refractivity contribution in [2.45, 2.75) is 10.9 Å². The van der Waals surface area contributed by atoms with Crippen LogP contribution in [-0.2, 0) is 0 Å². The summed E-state index contributed by atoms with van der Waals surface area (Å²) in [5, 5.41) is 12.7. The fourth-order valence-electron chi connectivity index (χ4n) is 1.70. The number of aliphatic hydroxyl groups is 1. The summed E-state index contributed by atoms with van der Waals surface area (Å²) < 4.78 is 0. The first kappa shape index (κ1) is 12.0. The molecule has 2 nitrogen and oxygen atoms in total. The van der Waals surface area contributed by atoms with Crippen molar-refractivity contribution in [1.29, 1.82) is 0 Å². The van der Waals surface area contributed by atoms with Gasteiger partial charge in [0.2, 0.25) is 0 Å². The Labute approximate surface area is 107 Å². The van der Waals surface area contributed by atoms with Gasteiger partial charge < -0.3 is 10.4 Å². The van der Waals surface area contributed by atoms with Crippen molar-refractivity contribution in [3.63, 3.8) is 0 Å². The highest BCUT2D eigenvalue weighted by molar-refractivity contribution is 7.80. The number of para-hydroxylation sites is 1. The Morgan fingerprint density at radius 3 is 2.29 bits per heavy atom. The summed E-state index contributed by atoms with van der Waals surface area (Å²) >= 11 is 4.38. The zero-order valence-corrected chi connectivity index (χ0v) is 10.3. The van der Waals surface area contributed by atoms with Crippen LogP contribution >= 0.6 is 12.6 Å². The second-order valence-electron chi connectivity index (χ2n) is 3.81. The zero-order valence-electron chi connectivity index (χ0n) is 9.38. The molecule has 0 fully saturated rings. The van der Waals surface area contributed by atoms with Crippen LogP contribution in [0.1, 0.15) is 11.6 Å². The molecule has 0 aliphatic heterocycles. The molecule has 0 heterocycles. The molecular formula is C14H15NOS. The first-order chi connectivity index (χ1) is 8.31. The van der Waals surface area contributed by atoms with Gasteiger partial charge in [0.25, 0.3) is 0 Å². The number of thiol groups is 1. The number of hydrogen-bond donors (Lipinski definition) is 3. The summed E-state index contributed by atoms with van der Waals surface area (Å²) in [6.07, 6.45) is 0. The molecule has 88 valence electrons. The van der Waals surface area contributed by atoms with Crippen LogP contribution in [0.25, 0.3) is 0 Å². The maximum Gasteiger partial charge on any atom is 0.0745 e. The lowest BCUT2D eigenvalue weighted by Crippen LogP contribution is -2.14. The van der Waals surface area contributed by atoms with Gasteiger partial charge in [-0.15, -0.1) is 12.6 Å². The molecule has 0 saturated carbocycles. The second kappa shape index (κ2) is 5.75. The Hall–Kier alpha value is -1.45. The molecule has 0 saturated heterocycles. The summed E-state index contributed by atoms with van der Waals surface area (Å²) in [5.41, 5.74) is 1.99. The predicted molar refractivity (Wildman–Crippen MR) is 73.6 cm³/mol. The largest absolute Gasteiger partial charge is 0.394 e. The molecule has 2 N–H and O–H groups in total. The van der Waals surface area contributed by atoms with Gasteiger partial charge in [0.05, 0.1) is 12.6 Å². The van der Waals surface area contributed by atoms with Crippen molar-refractivity contribution in [1.82, 2.24) is 0 Å². The van der Waals surface area contributed by atoms with E-state index in [0.29, 0.717) is 0 Å². The Kier molecular flexibility index (Phi) is 4.07. The number of anilines is 1. The van der Waals surface area contributed by atoms with E-state index < -0.39 is 0 Å². The maximum absolute atomic E-state index is 9.44. The molecule has 0 aromatic heterocycles. The van der Waals surface area contributed by atoms with Crippen molar-refractivity contribution in [2.24, 2.45) is 0 Å². The average Bonchev–Trinajstić information content (AvgIpc) is 2.39. The molecule has 0 radical (unpaired) electrons. The molecule has 0 amide bonds. The lowest BCUT2D eigenvalue weighted by molar-refractivity contribution is 0.276. The third kappa shape index (κ3) is 3.02. The van der Waals surface area contributed by atoms with Crippen LogP contribution in [0, 0.1) is 0 Å². The lowest BCUT2D eigenvalue weighted by atomic mass is 10.1. The fourth-order valence-corrected chi connectivity index (χ4v) is 1.93. The van der Waals surface area contributed by atoms with E-state index in [4.69, 9.17) is 0 Å². The van der Waals surface area contributed by atoms with E-state index in [1.807, 2.05) is 54.6 Å². The summed E-state index contributed by atoms with van der Waals surface area (Å²) in [6, 6.07) is 17.5. The molecule has 0 bridgehead atoms. The van der Waals surface area contributed by atoms with E-state index in [0.717, 1.165) is 16.1 Å². The molecule has 0 aliphatic rings. The molecule has 0 spiro atoms. The smallest absolute Gasteiger partial charge is 0.0745 e. The molecule has 2 rings (SSSR count). The minimum Gasteiger partial charge on any atom is -0.394 e. The van der Waals surface area contributed by atoms with E-state index in [1.165, 1.54) is 0 Å². The SMILES string of the molecule is OCC(Nc1ccccc1S)c1ccccc1. The van der Waals surface area contributed by atoms with Crippen LogP contribution in [0.4, 0.5) is 5.69 Å². The number of aliphatic hydroxyl groups excluding tert-OH is 1. The zero-order chi connectivity index (χ0) is 12.1. The molecule has 0 aliphatic carbocycles. The second-order valence-corrected chi connectivity index (χ2v) is 4.29. The van der Waals surface area contributed by atoms with Gasteiger partial charge in [-0.3, -0.25) is 0 Å². The van der Waals surface area contributed by atoms with E-state index in [9.17, 15) is 5.11 Å². The van der Waals surface area contributed by atoms with Crippen LogP contribution in [0.5, 0.6) is 0 Å². The molecule has 2 aromatic carbocycles. The minimum atomic E-state index is -0.107. The van der Waals surface area contributed by atoms with Crippen LogP contribution in [0.2, 0.25) is 0 Å². The Balaban J connectivity index is 2.19. The Bertz CT molecular complexity index is 473. The molecule has 2 aromatic rings. The van der Waals surface area contributed by atoms with Crippen LogP contribution < -0.4 is 5.32 Å². The first-order valence-corrected chi connectivity index (χ1v) is 5.96. The van der Waals surface area contributed by atoms with Crippen molar-refractivity contribution >= 4 is 18.3 Å². The first-order valence-electron chi connectivity index (χ1n) is 5.51. The van der Waals surface area contributed by atoms with E-state index >= 15 is 0 Å². The number of hydrogen-bond acceptors (Lipinski definition) is 3. The summed E-state index contributed by atoms with van der Waals surface area (Å²) in [6.45, 7) is 0.0477. The van der Waals surface area contributed by atoms with Gasteiger partial charge in [0.1, 0.15) is 0 Å². The van der Waals surface area contributed by atoms with Crippen LogP contribution in [0.3, 0.4) is 0 Å². The third-order valence-electron chi connectivity index (χ3n) is 2.62. The normalized spacial score (nSPS) is 12.1. The van der Waals surface area contributed by atoms with Crippen molar-refractivity contribution in [3.8, 4) is 0 Å². The molecule has 3 heteroatoms. The minimum absolute atomic E-state index is 0.0477. The number of rotatable bonds is 4. The van der Waals surface area contributed by atoms with Crippen molar-refractivity contribution in [2.75, 3.05) is 11.9 Å². The van der Waals surface area contributed by atoms with Gasteiger partial charge in [-0.2, -0.15) is 0 Å². The molecule has 1 atom stereocenters. The monoisotopic (exact) mass is 245 g/mol. The van der Waals surface area contributed by atoms with Crippen LogP contribution in [0.15, 0.2) is 59.5 Å². The average molecular weight is 245 g/mol. The van der Waals surface area contributed by atoms with Gasteiger partial charge in [-0.25, -0.2) is 0 Å². The van der Waals surface area contributed by atoms with Gasteiger partial charge in [-0.1, -0.05) is 42.5 Å². The molecular weight excluding hydrogens is 230 g/mol. The topological polar surface area (TPSA) is 32.3 Å². The highest BCUT2D eigenvalue weighted by Crippen LogP contribution is 2.24. The van der Waals surface area contributed by atoms with E-state index in [2.05, 4.69) is 17.9 Å². The van der Waals surface area contributed by atoms with Crippen LogP contribution in [-0.4, -0.2) is 11.7 Å². The summed E-state index contributed by atoms with van der Waals surface area (Å²) in [5.74, 6) is 0. The standard InChI is InChI=1S/C14H15NOS/c16-10-13(11-6-2-1-3-7-11)15-12-8-4-5-9-14(12)17/h1-9,13,15-17H,10H2. The Morgan fingerprint density at radius 1 is 1.00 bits per heavy atom. The summed E-state index contributed by atoms with van der Waals surface area (Å²) in [4.78, 5) is 0.877. The van der Waals surface area contributed by atoms with Gasteiger partial charge in [0, 0.05) is 10.6 Å². The highest BCUT2D eigenvalue weighted by atomic mass is 32.1. The van der Waals surface area contributed by atoms with Crippen molar-refractivity contribution < 1.29 is 5.11 Å². The predicted octanol–water partition coefficient (Wildman–Crippen LogP) is 3.12. The Morgan fingerprint density at radius 2 is 1.65 bits per heavy atom. The van der Waals surface area contributed by atoms with Gasteiger partial charge in [0.15, 0.2) is 0 Å². The number of benzene rings is 2. The quantitative estimate of drug-likeness (QED) is 0.723. The van der Waals surface area contributed by atoms with E-state index in [1.54, 1.807) is 0 Å². The molecule has 17 heavy (non-hydrogen) atoms. The van der Waals surface area contributed by atoms with E-state index in [-0.39, 0.29) is 12.6 Å². The lowest BCUT2D eigenvalue weighted by Gasteiger charge is -2.19. The van der Waals surface area contributed by atoms with Gasteiger partial charge in [-0.05, 0) is 17.7 Å².